The average molecular weight is 421 g/mol. The molecule has 2 aromatic carbocycles. The summed E-state index contributed by atoms with van der Waals surface area (Å²) in [5, 5.41) is 0. The molecule has 1 aliphatic rings. The Morgan fingerprint density at radius 1 is 0.828 bits per heavy atom. The highest BCUT2D eigenvalue weighted by atomic mass is 32.2. The zero-order valence-corrected chi connectivity index (χ0v) is 17.7. The van der Waals surface area contributed by atoms with E-state index in [1.165, 1.54) is 0 Å². The molecule has 0 saturated carbocycles. The largest absolute Gasteiger partial charge is 0.497 e. The fourth-order valence-corrected chi connectivity index (χ4v) is 4.60. The summed E-state index contributed by atoms with van der Waals surface area (Å²) in [4.78, 5) is 2.51. The Kier molecular flexibility index (Phi) is 7.35. The van der Waals surface area contributed by atoms with Crippen LogP contribution in [0.5, 0.6) is 17.2 Å². The zero-order valence-electron chi connectivity index (χ0n) is 16.9. The maximum Gasteiger partial charge on any atom is 0.243 e. The Labute approximate surface area is 172 Å². The van der Waals surface area contributed by atoms with Gasteiger partial charge in [-0.15, -0.1) is 0 Å². The summed E-state index contributed by atoms with van der Waals surface area (Å²) >= 11 is 0. The number of nitrogens with zero attached hydrogens (tertiary/aromatic N) is 2. The third-order valence-electron chi connectivity index (χ3n) is 4.84. The number of rotatable bonds is 9. The van der Waals surface area contributed by atoms with E-state index < -0.39 is 10.0 Å². The normalized spacial score (nSPS) is 15.8. The van der Waals surface area contributed by atoms with E-state index in [0.717, 1.165) is 18.0 Å². The number of methoxy groups -OCH3 is 1. The molecule has 0 spiro atoms. The number of hydrogen-bond acceptors (Lipinski definition) is 6. The van der Waals surface area contributed by atoms with Crippen molar-refractivity contribution in [2.24, 2.45) is 0 Å². The van der Waals surface area contributed by atoms with Gasteiger partial charge in [0.2, 0.25) is 10.0 Å². The second kappa shape index (κ2) is 9.96. The van der Waals surface area contributed by atoms with Crippen molar-refractivity contribution in [1.29, 1.82) is 0 Å². The van der Waals surface area contributed by atoms with Crippen molar-refractivity contribution in [2.75, 3.05) is 53.0 Å². The molecule has 0 unspecified atom stereocenters. The number of benzene rings is 2. The molecule has 1 heterocycles. The quantitative estimate of drug-likeness (QED) is 0.621. The lowest BCUT2D eigenvalue weighted by atomic mass is 10.3. The van der Waals surface area contributed by atoms with Gasteiger partial charge in [-0.25, -0.2) is 8.42 Å². The summed E-state index contributed by atoms with van der Waals surface area (Å²) in [7, 11) is -1.92. The van der Waals surface area contributed by atoms with Crippen LogP contribution in [0.25, 0.3) is 0 Å². The van der Waals surface area contributed by atoms with Crippen molar-refractivity contribution in [3.8, 4) is 17.2 Å². The average Bonchev–Trinajstić information content (AvgIpc) is 2.75. The van der Waals surface area contributed by atoms with Gasteiger partial charge in [0, 0.05) is 32.7 Å². The number of sulfonamides is 1. The molecule has 1 fully saturated rings. The van der Waals surface area contributed by atoms with E-state index in [2.05, 4.69) is 4.90 Å². The molecule has 0 aromatic heterocycles. The van der Waals surface area contributed by atoms with Gasteiger partial charge in [0.1, 0.15) is 23.9 Å². The Morgan fingerprint density at radius 2 is 1.38 bits per heavy atom. The Hall–Kier alpha value is -2.29. The third kappa shape index (κ3) is 5.62. The maximum atomic E-state index is 12.8. The third-order valence-corrected chi connectivity index (χ3v) is 6.75. The summed E-state index contributed by atoms with van der Waals surface area (Å²) in [5.41, 5.74) is 0. The first-order valence-corrected chi connectivity index (χ1v) is 11.2. The minimum atomic E-state index is -3.47. The molecule has 0 bridgehead atoms. The van der Waals surface area contributed by atoms with E-state index in [0.29, 0.717) is 50.0 Å². The predicted molar refractivity (Wildman–Crippen MR) is 111 cm³/mol. The van der Waals surface area contributed by atoms with E-state index in [1.807, 2.05) is 31.2 Å². The highest BCUT2D eigenvalue weighted by molar-refractivity contribution is 7.89. The second-order valence-corrected chi connectivity index (χ2v) is 8.61. The standard InChI is InChI=1S/C21H28N2O5S/c1-3-27-19-4-6-20(7-5-19)28-17-16-22-12-14-23(15-13-22)29(24,25)21-10-8-18(26-2)9-11-21/h4-11H,3,12-17H2,1-2H3. The van der Waals surface area contributed by atoms with Crippen LogP contribution in [0.15, 0.2) is 53.4 Å². The van der Waals surface area contributed by atoms with Gasteiger partial charge in [0.05, 0.1) is 18.6 Å². The van der Waals surface area contributed by atoms with Crippen molar-refractivity contribution in [1.82, 2.24) is 9.21 Å². The maximum absolute atomic E-state index is 12.8. The van der Waals surface area contributed by atoms with Crippen LogP contribution >= 0.6 is 0 Å². The predicted octanol–water partition coefficient (Wildman–Crippen LogP) is 2.48. The molecular formula is C21H28N2O5S. The van der Waals surface area contributed by atoms with Gasteiger partial charge in [0.15, 0.2) is 0 Å². The van der Waals surface area contributed by atoms with E-state index in [-0.39, 0.29) is 0 Å². The molecule has 0 atom stereocenters. The highest BCUT2D eigenvalue weighted by Gasteiger charge is 2.28. The van der Waals surface area contributed by atoms with Crippen LogP contribution in [0.2, 0.25) is 0 Å². The van der Waals surface area contributed by atoms with Gasteiger partial charge in [-0.2, -0.15) is 4.31 Å². The molecule has 0 amide bonds. The molecule has 1 saturated heterocycles. The second-order valence-electron chi connectivity index (χ2n) is 6.67. The summed E-state index contributed by atoms with van der Waals surface area (Å²) in [6.45, 7) is 6.20. The first-order chi connectivity index (χ1) is 14.0. The van der Waals surface area contributed by atoms with Gasteiger partial charge in [-0.1, -0.05) is 0 Å². The molecule has 0 aliphatic carbocycles. The molecule has 29 heavy (non-hydrogen) atoms. The molecule has 0 radical (unpaired) electrons. The van der Waals surface area contributed by atoms with Gasteiger partial charge < -0.3 is 14.2 Å². The monoisotopic (exact) mass is 420 g/mol. The molecule has 3 rings (SSSR count). The van der Waals surface area contributed by atoms with Crippen LogP contribution in [0, 0.1) is 0 Å². The number of piperazine rings is 1. The van der Waals surface area contributed by atoms with Crippen molar-refractivity contribution >= 4 is 10.0 Å². The van der Waals surface area contributed by atoms with Crippen LogP contribution in [0.4, 0.5) is 0 Å². The summed E-state index contributed by atoms with van der Waals surface area (Å²) in [6.07, 6.45) is 0. The van der Waals surface area contributed by atoms with E-state index in [9.17, 15) is 8.42 Å². The summed E-state index contributed by atoms with van der Waals surface area (Å²) in [5.74, 6) is 2.27. The zero-order chi connectivity index (χ0) is 20.7. The fourth-order valence-electron chi connectivity index (χ4n) is 3.18. The van der Waals surface area contributed by atoms with Crippen molar-refractivity contribution in [3.63, 3.8) is 0 Å². The van der Waals surface area contributed by atoms with Crippen LogP contribution in [0.3, 0.4) is 0 Å². The SMILES string of the molecule is CCOc1ccc(OCCN2CCN(S(=O)(=O)c3ccc(OC)cc3)CC2)cc1. The first kappa shape index (κ1) is 21.4. The lowest BCUT2D eigenvalue weighted by molar-refractivity contribution is 0.159. The molecule has 0 N–H and O–H groups in total. The first-order valence-electron chi connectivity index (χ1n) is 9.75. The number of ether oxygens (including phenoxy) is 3. The molecule has 1 aliphatic heterocycles. The minimum Gasteiger partial charge on any atom is -0.497 e. The lowest BCUT2D eigenvalue weighted by Gasteiger charge is -2.33. The molecule has 158 valence electrons. The highest BCUT2D eigenvalue weighted by Crippen LogP contribution is 2.21. The minimum absolute atomic E-state index is 0.297. The van der Waals surface area contributed by atoms with E-state index in [4.69, 9.17) is 14.2 Å². The summed E-state index contributed by atoms with van der Waals surface area (Å²) < 4.78 is 43.4. The van der Waals surface area contributed by atoms with Gasteiger partial charge in [-0.05, 0) is 55.5 Å². The van der Waals surface area contributed by atoms with Crippen LogP contribution < -0.4 is 14.2 Å². The molecule has 2 aromatic rings. The van der Waals surface area contributed by atoms with Gasteiger partial charge in [0.25, 0.3) is 0 Å². The van der Waals surface area contributed by atoms with Gasteiger partial charge in [-0.3, -0.25) is 4.90 Å². The Morgan fingerprint density at radius 3 is 1.93 bits per heavy atom. The summed E-state index contributed by atoms with van der Waals surface area (Å²) in [6, 6.07) is 14.1. The number of hydrogen-bond donors (Lipinski definition) is 0. The Balaban J connectivity index is 1.45. The molecule has 8 heteroatoms. The van der Waals surface area contributed by atoms with Crippen molar-refractivity contribution in [2.45, 2.75) is 11.8 Å². The van der Waals surface area contributed by atoms with Gasteiger partial charge >= 0.3 is 0 Å². The van der Waals surface area contributed by atoms with Crippen LogP contribution in [0.1, 0.15) is 6.92 Å². The molecule has 7 nitrogen and oxygen atoms in total. The Bertz CT molecular complexity index is 861. The van der Waals surface area contributed by atoms with Crippen molar-refractivity contribution < 1.29 is 22.6 Å². The fraction of sp³-hybridized carbons (Fsp3) is 0.429. The smallest absolute Gasteiger partial charge is 0.243 e. The van der Waals surface area contributed by atoms with Crippen molar-refractivity contribution in [3.05, 3.63) is 48.5 Å². The molecular weight excluding hydrogens is 392 g/mol. The topological polar surface area (TPSA) is 68.3 Å². The van der Waals surface area contributed by atoms with E-state index >= 15 is 0 Å². The van der Waals surface area contributed by atoms with E-state index in [1.54, 1.807) is 35.7 Å². The lowest BCUT2D eigenvalue weighted by Crippen LogP contribution is -2.49. The van der Waals surface area contributed by atoms with Crippen LogP contribution in [-0.4, -0.2) is 70.7 Å². The van der Waals surface area contributed by atoms with Crippen LogP contribution in [-0.2, 0) is 10.0 Å².